The number of aryl methyl sites for hydroxylation is 1. The molecule has 2 unspecified atom stereocenters. The van der Waals surface area contributed by atoms with Gasteiger partial charge in [-0.2, -0.15) is 0 Å². The molecule has 1 aromatic heterocycles. The van der Waals surface area contributed by atoms with Crippen molar-refractivity contribution in [3.63, 3.8) is 0 Å². The van der Waals surface area contributed by atoms with E-state index in [2.05, 4.69) is 28.7 Å². The first-order valence-corrected chi connectivity index (χ1v) is 7.46. The fourth-order valence-electron chi connectivity index (χ4n) is 3.18. The van der Waals surface area contributed by atoms with E-state index < -0.39 is 0 Å². The largest absolute Gasteiger partial charge is 0.337 e. The molecule has 18 heavy (non-hydrogen) atoms. The SMILES string of the molecule is CC(C)C1CCCCC1NCCCn1ccnc1. The average Bonchev–Trinajstić information content (AvgIpc) is 2.88. The molecule has 0 aromatic carbocycles. The molecular weight excluding hydrogens is 222 g/mol. The summed E-state index contributed by atoms with van der Waals surface area (Å²) in [5, 5.41) is 3.78. The van der Waals surface area contributed by atoms with Crippen LogP contribution >= 0.6 is 0 Å². The third kappa shape index (κ3) is 3.84. The first kappa shape index (κ1) is 13.6. The summed E-state index contributed by atoms with van der Waals surface area (Å²) in [5.41, 5.74) is 0. The van der Waals surface area contributed by atoms with Gasteiger partial charge in [-0.05, 0) is 37.6 Å². The molecule has 102 valence electrons. The zero-order chi connectivity index (χ0) is 12.8. The normalized spacial score (nSPS) is 24.6. The van der Waals surface area contributed by atoms with Crippen LogP contribution in [0.4, 0.5) is 0 Å². The second-order valence-corrected chi connectivity index (χ2v) is 5.91. The second-order valence-electron chi connectivity index (χ2n) is 5.91. The van der Waals surface area contributed by atoms with Crippen LogP contribution in [0.3, 0.4) is 0 Å². The van der Waals surface area contributed by atoms with Crippen LogP contribution in [0.15, 0.2) is 18.7 Å². The Hall–Kier alpha value is -0.830. The zero-order valence-corrected chi connectivity index (χ0v) is 11.8. The Morgan fingerprint density at radius 1 is 1.33 bits per heavy atom. The predicted octanol–water partition coefficient (Wildman–Crippen LogP) is 3.08. The van der Waals surface area contributed by atoms with Gasteiger partial charge in [-0.15, -0.1) is 0 Å². The van der Waals surface area contributed by atoms with Gasteiger partial charge in [-0.25, -0.2) is 4.98 Å². The molecule has 2 rings (SSSR count). The van der Waals surface area contributed by atoms with E-state index in [-0.39, 0.29) is 0 Å². The van der Waals surface area contributed by atoms with E-state index in [0.29, 0.717) is 0 Å². The lowest BCUT2D eigenvalue weighted by atomic mass is 9.78. The number of hydrogen-bond donors (Lipinski definition) is 1. The molecule has 1 aromatic rings. The Kier molecular flexibility index (Phi) is 5.24. The Morgan fingerprint density at radius 3 is 2.89 bits per heavy atom. The minimum Gasteiger partial charge on any atom is -0.337 e. The van der Waals surface area contributed by atoms with Crippen molar-refractivity contribution in [3.05, 3.63) is 18.7 Å². The van der Waals surface area contributed by atoms with Gasteiger partial charge in [-0.1, -0.05) is 26.7 Å². The first-order valence-electron chi connectivity index (χ1n) is 7.46. The fraction of sp³-hybridized carbons (Fsp3) is 0.800. The highest BCUT2D eigenvalue weighted by molar-refractivity contribution is 4.83. The van der Waals surface area contributed by atoms with Gasteiger partial charge in [0.2, 0.25) is 0 Å². The quantitative estimate of drug-likeness (QED) is 0.785. The molecule has 1 fully saturated rings. The van der Waals surface area contributed by atoms with Gasteiger partial charge in [0.05, 0.1) is 6.33 Å². The summed E-state index contributed by atoms with van der Waals surface area (Å²) in [6.45, 7) is 6.95. The molecule has 3 heteroatoms. The molecule has 1 aliphatic carbocycles. The number of rotatable bonds is 6. The smallest absolute Gasteiger partial charge is 0.0945 e. The van der Waals surface area contributed by atoms with E-state index in [4.69, 9.17) is 0 Å². The maximum absolute atomic E-state index is 4.07. The van der Waals surface area contributed by atoms with Gasteiger partial charge >= 0.3 is 0 Å². The van der Waals surface area contributed by atoms with Gasteiger partial charge in [0.1, 0.15) is 0 Å². The van der Waals surface area contributed by atoms with E-state index >= 15 is 0 Å². The zero-order valence-electron chi connectivity index (χ0n) is 11.8. The van der Waals surface area contributed by atoms with Crippen LogP contribution in [0.25, 0.3) is 0 Å². The summed E-state index contributed by atoms with van der Waals surface area (Å²) in [5.74, 6) is 1.70. The van der Waals surface area contributed by atoms with Crippen molar-refractivity contribution in [2.24, 2.45) is 11.8 Å². The summed E-state index contributed by atoms with van der Waals surface area (Å²) < 4.78 is 2.16. The van der Waals surface area contributed by atoms with Crippen LogP contribution in [0.1, 0.15) is 46.0 Å². The summed E-state index contributed by atoms with van der Waals surface area (Å²) in [7, 11) is 0. The lowest BCUT2D eigenvalue weighted by Gasteiger charge is -2.35. The van der Waals surface area contributed by atoms with Crippen LogP contribution < -0.4 is 5.32 Å². The first-order chi connectivity index (χ1) is 8.77. The van der Waals surface area contributed by atoms with E-state index in [9.17, 15) is 0 Å². The van der Waals surface area contributed by atoms with Crippen molar-refractivity contribution < 1.29 is 0 Å². The molecule has 1 saturated carbocycles. The van der Waals surface area contributed by atoms with E-state index in [0.717, 1.165) is 31.0 Å². The van der Waals surface area contributed by atoms with Gasteiger partial charge in [0, 0.05) is 25.0 Å². The molecule has 2 atom stereocenters. The standard InChI is InChI=1S/C15H27N3/c1-13(2)14-6-3-4-7-15(14)17-8-5-10-18-11-9-16-12-18/h9,11-15,17H,3-8,10H2,1-2H3. The number of aromatic nitrogens is 2. The highest BCUT2D eigenvalue weighted by atomic mass is 15.0. The van der Waals surface area contributed by atoms with Crippen molar-refractivity contribution in [2.45, 2.75) is 58.5 Å². The van der Waals surface area contributed by atoms with Crippen molar-refractivity contribution in [2.75, 3.05) is 6.54 Å². The molecule has 0 aliphatic heterocycles. The van der Waals surface area contributed by atoms with Crippen molar-refractivity contribution in [1.82, 2.24) is 14.9 Å². The number of nitrogens with zero attached hydrogens (tertiary/aromatic N) is 2. The maximum Gasteiger partial charge on any atom is 0.0945 e. The van der Waals surface area contributed by atoms with Crippen LogP contribution in [0.5, 0.6) is 0 Å². The summed E-state index contributed by atoms with van der Waals surface area (Å²) in [4.78, 5) is 4.07. The monoisotopic (exact) mass is 249 g/mol. The van der Waals surface area contributed by atoms with E-state index in [1.807, 2.05) is 18.7 Å². The molecule has 0 radical (unpaired) electrons. The third-order valence-corrected chi connectivity index (χ3v) is 4.23. The van der Waals surface area contributed by atoms with Gasteiger partial charge < -0.3 is 9.88 Å². The lowest BCUT2D eigenvalue weighted by molar-refractivity contribution is 0.205. The molecule has 0 saturated heterocycles. The molecule has 3 nitrogen and oxygen atoms in total. The molecule has 0 bridgehead atoms. The fourth-order valence-corrected chi connectivity index (χ4v) is 3.18. The highest BCUT2D eigenvalue weighted by Gasteiger charge is 2.26. The van der Waals surface area contributed by atoms with Crippen molar-refractivity contribution in [3.8, 4) is 0 Å². The molecule has 0 spiro atoms. The molecule has 0 amide bonds. The molecule has 1 heterocycles. The van der Waals surface area contributed by atoms with Crippen LogP contribution in [-0.4, -0.2) is 22.1 Å². The van der Waals surface area contributed by atoms with Gasteiger partial charge in [0.15, 0.2) is 0 Å². The Morgan fingerprint density at radius 2 is 2.17 bits per heavy atom. The minimum atomic E-state index is 0.751. The van der Waals surface area contributed by atoms with E-state index in [1.54, 1.807) is 0 Å². The summed E-state index contributed by atoms with van der Waals surface area (Å²) in [6, 6.07) is 0.751. The van der Waals surface area contributed by atoms with Gasteiger partial charge in [-0.3, -0.25) is 0 Å². The van der Waals surface area contributed by atoms with Gasteiger partial charge in [0.25, 0.3) is 0 Å². The lowest BCUT2D eigenvalue weighted by Crippen LogP contribution is -2.41. The Balaban J connectivity index is 1.68. The highest BCUT2D eigenvalue weighted by Crippen LogP contribution is 2.30. The van der Waals surface area contributed by atoms with Crippen LogP contribution in [0.2, 0.25) is 0 Å². The number of imidazole rings is 1. The minimum absolute atomic E-state index is 0.751. The summed E-state index contributed by atoms with van der Waals surface area (Å²) in [6.07, 6.45) is 12.6. The molecular formula is C15H27N3. The molecule has 1 aliphatic rings. The summed E-state index contributed by atoms with van der Waals surface area (Å²) >= 11 is 0. The third-order valence-electron chi connectivity index (χ3n) is 4.23. The Bertz CT molecular complexity index is 318. The average molecular weight is 249 g/mol. The maximum atomic E-state index is 4.07. The van der Waals surface area contributed by atoms with E-state index in [1.165, 1.54) is 32.1 Å². The Labute approximate surface area is 111 Å². The number of hydrogen-bond acceptors (Lipinski definition) is 2. The van der Waals surface area contributed by atoms with Crippen molar-refractivity contribution >= 4 is 0 Å². The number of nitrogens with one attached hydrogen (secondary N) is 1. The topological polar surface area (TPSA) is 29.9 Å². The predicted molar refractivity (Wildman–Crippen MR) is 75.4 cm³/mol. The van der Waals surface area contributed by atoms with Crippen LogP contribution in [-0.2, 0) is 6.54 Å². The van der Waals surface area contributed by atoms with Crippen molar-refractivity contribution in [1.29, 1.82) is 0 Å². The van der Waals surface area contributed by atoms with Crippen LogP contribution in [0, 0.1) is 11.8 Å². The molecule has 1 N–H and O–H groups in total. The second kappa shape index (κ2) is 6.93.